The van der Waals surface area contributed by atoms with Gasteiger partial charge in [-0.15, -0.1) is 0 Å². The van der Waals surface area contributed by atoms with E-state index in [4.69, 9.17) is 0 Å². The zero-order valence-electron chi connectivity index (χ0n) is 12.0. The summed E-state index contributed by atoms with van der Waals surface area (Å²) in [5.41, 5.74) is 1.38. The van der Waals surface area contributed by atoms with Gasteiger partial charge in [-0.05, 0) is 43.0 Å². The largest absolute Gasteiger partial charge is 0.435 e. The van der Waals surface area contributed by atoms with E-state index in [9.17, 15) is 8.78 Å². The van der Waals surface area contributed by atoms with Gasteiger partial charge in [0.2, 0.25) is 0 Å². The molecule has 0 aliphatic heterocycles. The van der Waals surface area contributed by atoms with Gasteiger partial charge in [0.25, 0.3) is 0 Å². The van der Waals surface area contributed by atoms with Crippen LogP contribution in [0.15, 0.2) is 24.3 Å². The predicted molar refractivity (Wildman–Crippen MR) is 73.6 cm³/mol. The Morgan fingerprint density at radius 2 is 1.74 bits per heavy atom. The molecule has 0 heterocycles. The summed E-state index contributed by atoms with van der Waals surface area (Å²) in [4.78, 5) is 0. The highest BCUT2D eigenvalue weighted by Crippen LogP contribution is 2.28. The van der Waals surface area contributed by atoms with E-state index in [1.165, 1.54) is 0 Å². The van der Waals surface area contributed by atoms with Crippen molar-refractivity contribution in [1.82, 2.24) is 5.32 Å². The molecule has 0 fully saturated rings. The summed E-state index contributed by atoms with van der Waals surface area (Å²) >= 11 is 0. The standard InChI is InChI=1S/C15H23F2NO/c1-15(2,3)10-9-13(18-4)11-5-7-12(8-6-11)19-14(16)17/h5-8,13-14,18H,9-10H2,1-4H3. The maximum Gasteiger partial charge on any atom is 0.387 e. The average molecular weight is 271 g/mol. The minimum Gasteiger partial charge on any atom is -0.435 e. The minimum atomic E-state index is -2.77. The van der Waals surface area contributed by atoms with Crippen LogP contribution >= 0.6 is 0 Å². The lowest BCUT2D eigenvalue weighted by Gasteiger charge is -2.23. The maximum atomic E-state index is 12.1. The SMILES string of the molecule is CNC(CCC(C)(C)C)c1ccc(OC(F)F)cc1. The van der Waals surface area contributed by atoms with Gasteiger partial charge in [-0.3, -0.25) is 0 Å². The third-order valence-electron chi connectivity index (χ3n) is 3.04. The zero-order valence-corrected chi connectivity index (χ0v) is 12.0. The molecule has 0 bridgehead atoms. The molecule has 0 spiro atoms. The van der Waals surface area contributed by atoms with Gasteiger partial charge in [-0.1, -0.05) is 32.9 Å². The third kappa shape index (κ3) is 6.01. The van der Waals surface area contributed by atoms with Gasteiger partial charge in [0.1, 0.15) is 5.75 Å². The summed E-state index contributed by atoms with van der Waals surface area (Å²) in [5.74, 6) is 0.199. The predicted octanol–water partition coefficient (Wildman–Crippen LogP) is 4.37. The fourth-order valence-electron chi connectivity index (χ4n) is 1.94. The zero-order chi connectivity index (χ0) is 14.5. The molecule has 1 rings (SSSR count). The van der Waals surface area contributed by atoms with E-state index >= 15 is 0 Å². The monoisotopic (exact) mass is 271 g/mol. The van der Waals surface area contributed by atoms with Crippen LogP contribution in [-0.4, -0.2) is 13.7 Å². The summed E-state index contributed by atoms with van der Waals surface area (Å²) in [5, 5.41) is 3.26. The van der Waals surface area contributed by atoms with Crippen LogP contribution in [0.2, 0.25) is 0 Å². The van der Waals surface area contributed by atoms with Gasteiger partial charge in [0, 0.05) is 6.04 Å². The van der Waals surface area contributed by atoms with Crippen LogP contribution in [0.25, 0.3) is 0 Å². The lowest BCUT2D eigenvalue weighted by atomic mass is 9.87. The van der Waals surface area contributed by atoms with E-state index in [-0.39, 0.29) is 17.2 Å². The average Bonchev–Trinajstić information content (AvgIpc) is 2.29. The Morgan fingerprint density at radius 3 is 2.16 bits per heavy atom. The molecule has 0 amide bonds. The first-order valence-corrected chi connectivity index (χ1v) is 6.54. The summed E-state index contributed by atoms with van der Waals surface area (Å²) in [6, 6.07) is 7.08. The fourth-order valence-corrected chi connectivity index (χ4v) is 1.94. The minimum absolute atomic E-state index is 0.199. The van der Waals surface area contributed by atoms with Crippen LogP contribution in [0.3, 0.4) is 0 Å². The molecule has 0 saturated carbocycles. The van der Waals surface area contributed by atoms with Crippen molar-refractivity contribution < 1.29 is 13.5 Å². The van der Waals surface area contributed by atoms with Crippen molar-refractivity contribution in [3.8, 4) is 5.75 Å². The van der Waals surface area contributed by atoms with Gasteiger partial charge in [-0.25, -0.2) is 0 Å². The number of halogens is 2. The Kier molecular flexibility index (Phi) is 5.73. The van der Waals surface area contributed by atoms with Crippen LogP contribution in [0.5, 0.6) is 5.75 Å². The van der Waals surface area contributed by atoms with Crippen LogP contribution < -0.4 is 10.1 Å². The van der Waals surface area contributed by atoms with E-state index in [1.807, 2.05) is 19.2 Å². The number of hydrogen-bond acceptors (Lipinski definition) is 2. The molecule has 4 heteroatoms. The molecular formula is C15H23F2NO. The van der Waals surface area contributed by atoms with Crippen molar-refractivity contribution in [1.29, 1.82) is 0 Å². The summed E-state index contributed by atoms with van der Waals surface area (Å²) in [7, 11) is 1.91. The molecule has 1 atom stereocenters. The topological polar surface area (TPSA) is 21.3 Å². The molecule has 2 nitrogen and oxygen atoms in total. The molecule has 0 saturated heterocycles. The van der Waals surface area contributed by atoms with E-state index in [0.717, 1.165) is 18.4 Å². The summed E-state index contributed by atoms with van der Waals surface area (Å²) in [6.07, 6.45) is 2.10. The highest BCUT2D eigenvalue weighted by atomic mass is 19.3. The van der Waals surface area contributed by atoms with Gasteiger partial charge in [0.05, 0.1) is 0 Å². The highest BCUT2D eigenvalue weighted by Gasteiger charge is 2.15. The van der Waals surface area contributed by atoms with E-state index in [1.54, 1.807) is 12.1 Å². The molecule has 1 unspecified atom stereocenters. The number of hydrogen-bond donors (Lipinski definition) is 1. The number of nitrogens with one attached hydrogen (secondary N) is 1. The van der Waals surface area contributed by atoms with Crippen molar-refractivity contribution in [3.05, 3.63) is 29.8 Å². The number of alkyl halides is 2. The Bertz CT molecular complexity index is 371. The fraction of sp³-hybridized carbons (Fsp3) is 0.600. The molecule has 108 valence electrons. The second-order valence-corrected chi connectivity index (χ2v) is 5.89. The van der Waals surface area contributed by atoms with Crippen LogP contribution in [0.4, 0.5) is 8.78 Å². The lowest BCUT2D eigenvalue weighted by molar-refractivity contribution is -0.0498. The summed E-state index contributed by atoms with van der Waals surface area (Å²) < 4.78 is 28.5. The Labute approximate surface area is 114 Å². The van der Waals surface area contributed by atoms with Crippen molar-refractivity contribution >= 4 is 0 Å². The van der Waals surface area contributed by atoms with Gasteiger partial charge in [0.15, 0.2) is 0 Å². The van der Waals surface area contributed by atoms with Crippen LogP contribution in [-0.2, 0) is 0 Å². The quantitative estimate of drug-likeness (QED) is 0.829. The molecule has 1 aromatic carbocycles. The van der Waals surface area contributed by atoms with Crippen molar-refractivity contribution in [3.63, 3.8) is 0 Å². The number of rotatable bonds is 6. The van der Waals surface area contributed by atoms with Crippen LogP contribution in [0, 0.1) is 5.41 Å². The van der Waals surface area contributed by atoms with Gasteiger partial charge in [-0.2, -0.15) is 8.78 Å². The molecule has 1 aromatic rings. The number of ether oxygens (including phenoxy) is 1. The normalized spacial score (nSPS) is 13.6. The molecule has 0 radical (unpaired) electrons. The van der Waals surface area contributed by atoms with E-state index < -0.39 is 6.61 Å². The Hall–Kier alpha value is -1.16. The van der Waals surface area contributed by atoms with Gasteiger partial charge < -0.3 is 10.1 Å². The molecule has 1 N–H and O–H groups in total. The third-order valence-corrected chi connectivity index (χ3v) is 3.04. The molecule has 19 heavy (non-hydrogen) atoms. The van der Waals surface area contributed by atoms with Crippen molar-refractivity contribution in [2.24, 2.45) is 5.41 Å². The molecular weight excluding hydrogens is 248 g/mol. The second-order valence-electron chi connectivity index (χ2n) is 5.89. The Morgan fingerprint density at radius 1 is 1.16 bits per heavy atom. The van der Waals surface area contributed by atoms with E-state index in [2.05, 4.69) is 30.8 Å². The first kappa shape index (κ1) is 15.9. The number of benzene rings is 1. The first-order valence-electron chi connectivity index (χ1n) is 6.54. The first-order chi connectivity index (χ1) is 8.81. The molecule has 0 aromatic heterocycles. The lowest BCUT2D eigenvalue weighted by Crippen LogP contribution is -2.19. The van der Waals surface area contributed by atoms with Crippen LogP contribution in [0.1, 0.15) is 45.2 Å². The Balaban J connectivity index is 2.66. The smallest absolute Gasteiger partial charge is 0.387 e. The maximum absolute atomic E-state index is 12.1. The molecule has 0 aliphatic carbocycles. The second kappa shape index (κ2) is 6.85. The van der Waals surface area contributed by atoms with Gasteiger partial charge >= 0.3 is 6.61 Å². The van der Waals surface area contributed by atoms with E-state index in [0.29, 0.717) is 0 Å². The summed E-state index contributed by atoms with van der Waals surface area (Å²) in [6.45, 7) is 3.85. The molecule has 0 aliphatic rings. The van der Waals surface area contributed by atoms with Crippen molar-refractivity contribution in [2.45, 2.75) is 46.3 Å². The van der Waals surface area contributed by atoms with Crippen molar-refractivity contribution in [2.75, 3.05) is 7.05 Å². The highest BCUT2D eigenvalue weighted by molar-refractivity contribution is 5.29.